The largest absolute Gasteiger partial charge is 0.508 e. The van der Waals surface area contributed by atoms with Crippen LogP contribution in [-0.2, 0) is 7.05 Å². The summed E-state index contributed by atoms with van der Waals surface area (Å²) in [6.07, 6.45) is 1.57. The first-order valence-electron chi connectivity index (χ1n) is 5.09. The molecule has 2 rings (SSSR count). The van der Waals surface area contributed by atoms with Crippen molar-refractivity contribution in [1.82, 2.24) is 4.57 Å². The number of nitrogens with one attached hydrogen (secondary N) is 1. The second-order valence-corrected chi connectivity index (χ2v) is 4.21. The van der Waals surface area contributed by atoms with E-state index in [1.807, 2.05) is 0 Å². The standard InChI is InChI=1S/C12H10ClFN2O2/c1-16-6-7(13)4-11(16)12(18)15-10-3-2-8(17)5-9(10)14/h2-6,17H,1H3,(H,15,18). The fraction of sp³-hybridized carbons (Fsp3) is 0.0833. The summed E-state index contributed by atoms with van der Waals surface area (Å²) in [5, 5.41) is 11.9. The molecule has 0 aliphatic rings. The van der Waals surface area contributed by atoms with Crippen LogP contribution in [0.15, 0.2) is 30.5 Å². The SMILES string of the molecule is Cn1cc(Cl)cc1C(=O)Nc1ccc(O)cc1F. The monoisotopic (exact) mass is 268 g/mol. The molecule has 2 aromatic rings. The van der Waals surface area contributed by atoms with Gasteiger partial charge in [0.1, 0.15) is 17.3 Å². The predicted octanol–water partition coefficient (Wildman–Crippen LogP) is 2.78. The predicted molar refractivity (Wildman–Crippen MR) is 66.4 cm³/mol. The van der Waals surface area contributed by atoms with E-state index < -0.39 is 11.7 Å². The Kier molecular flexibility index (Phi) is 3.25. The van der Waals surface area contributed by atoms with Gasteiger partial charge in [0.05, 0.1) is 10.7 Å². The fourth-order valence-corrected chi connectivity index (χ4v) is 1.79. The molecule has 0 spiro atoms. The molecule has 1 amide bonds. The molecule has 0 fully saturated rings. The molecule has 6 heteroatoms. The summed E-state index contributed by atoms with van der Waals surface area (Å²) in [4.78, 5) is 11.9. The lowest BCUT2D eigenvalue weighted by Crippen LogP contribution is -2.16. The first-order chi connectivity index (χ1) is 8.47. The molecule has 0 aliphatic heterocycles. The van der Waals surface area contributed by atoms with E-state index >= 15 is 0 Å². The average molecular weight is 269 g/mol. The Labute approximate surface area is 108 Å². The van der Waals surface area contributed by atoms with Crippen LogP contribution in [0.4, 0.5) is 10.1 Å². The molecule has 0 saturated carbocycles. The van der Waals surface area contributed by atoms with Gasteiger partial charge in [-0.3, -0.25) is 4.79 Å². The highest BCUT2D eigenvalue weighted by molar-refractivity contribution is 6.31. The Hall–Kier alpha value is -2.01. The molecular formula is C12H10ClFN2O2. The number of rotatable bonds is 2. The summed E-state index contributed by atoms with van der Waals surface area (Å²) in [5.41, 5.74) is 0.308. The van der Waals surface area contributed by atoms with E-state index in [9.17, 15) is 9.18 Å². The average Bonchev–Trinajstić information content (AvgIpc) is 2.62. The highest BCUT2D eigenvalue weighted by Crippen LogP contribution is 2.21. The van der Waals surface area contributed by atoms with Crippen LogP contribution in [0.5, 0.6) is 5.75 Å². The third-order valence-electron chi connectivity index (χ3n) is 2.41. The summed E-state index contributed by atoms with van der Waals surface area (Å²) in [6, 6.07) is 4.98. The van der Waals surface area contributed by atoms with Gasteiger partial charge in [-0.2, -0.15) is 0 Å². The first kappa shape index (κ1) is 12.4. The van der Waals surface area contributed by atoms with Crippen molar-refractivity contribution in [1.29, 1.82) is 0 Å². The minimum absolute atomic E-state index is 0.00452. The van der Waals surface area contributed by atoms with Crippen molar-refractivity contribution in [3.63, 3.8) is 0 Å². The Morgan fingerprint density at radius 1 is 1.44 bits per heavy atom. The molecule has 1 heterocycles. The van der Waals surface area contributed by atoms with E-state index in [-0.39, 0.29) is 11.4 Å². The molecule has 0 bridgehead atoms. The number of carbonyl (C=O) groups excluding carboxylic acids is 1. The van der Waals surface area contributed by atoms with Crippen LogP contribution < -0.4 is 5.32 Å². The number of aromatic hydroxyl groups is 1. The molecule has 1 aromatic carbocycles. The number of halogens is 2. The molecule has 18 heavy (non-hydrogen) atoms. The Morgan fingerprint density at radius 3 is 2.72 bits per heavy atom. The summed E-state index contributed by atoms with van der Waals surface area (Å²) in [5.74, 6) is -1.38. The number of aryl methyl sites for hydroxylation is 1. The lowest BCUT2D eigenvalue weighted by molar-refractivity contribution is 0.101. The number of aromatic nitrogens is 1. The van der Waals surface area contributed by atoms with Crippen molar-refractivity contribution in [3.05, 3.63) is 47.0 Å². The van der Waals surface area contributed by atoms with Gasteiger partial charge in [0.15, 0.2) is 0 Å². The van der Waals surface area contributed by atoms with Gasteiger partial charge in [-0.1, -0.05) is 11.6 Å². The lowest BCUT2D eigenvalue weighted by Gasteiger charge is -2.07. The van der Waals surface area contributed by atoms with Crippen molar-refractivity contribution in [2.45, 2.75) is 0 Å². The number of carbonyl (C=O) groups is 1. The van der Waals surface area contributed by atoms with Gasteiger partial charge in [0.25, 0.3) is 5.91 Å². The number of hydrogen-bond donors (Lipinski definition) is 2. The topological polar surface area (TPSA) is 54.3 Å². The van der Waals surface area contributed by atoms with Crippen molar-refractivity contribution in [2.24, 2.45) is 7.05 Å². The van der Waals surface area contributed by atoms with Gasteiger partial charge >= 0.3 is 0 Å². The van der Waals surface area contributed by atoms with Gasteiger partial charge in [-0.25, -0.2) is 4.39 Å². The number of phenols is 1. The van der Waals surface area contributed by atoms with Crippen LogP contribution in [0.1, 0.15) is 10.5 Å². The van der Waals surface area contributed by atoms with Gasteiger partial charge in [-0.15, -0.1) is 0 Å². The highest BCUT2D eigenvalue weighted by Gasteiger charge is 2.13. The van der Waals surface area contributed by atoms with Gasteiger partial charge in [-0.05, 0) is 18.2 Å². The molecular weight excluding hydrogens is 259 g/mol. The van der Waals surface area contributed by atoms with Crippen LogP contribution in [0, 0.1) is 5.82 Å². The summed E-state index contributed by atoms with van der Waals surface area (Å²) in [7, 11) is 1.66. The molecule has 0 unspecified atom stereocenters. The number of benzene rings is 1. The van der Waals surface area contributed by atoms with Crippen molar-refractivity contribution in [2.75, 3.05) is 5.32 Å². The Morgan fingerprint density at radius 2 is 2.17 bits per heavy atom. The van der Waals surface area contributed by atoms with E-state index in [4.69, 9.17) is 16.7 Å². The van der Waals surface area contributed by atoms with Crippen LogP contribution in [0.3, 0.4) is 0 Å². The molecule has 0 aliphatic carbocycles. The number of anilines is 1. The third-order valence-corrected chi connectivity index (χ3v) is 2.61. The number of hydrogen-bond acceptors (Lipinski definition) is 2. The molecule has 0 radical (unpaired) electrons. The van der Waals surface area contributed by atoms with Crippen molar-refractivity contribution < 1.29 is 14.3 Å². The molecule has 94 valence electrons. The second kappa shape index (κ2) is 4.70. The maximum atomic E-state index is 13.4. The van der Waals surface area contributed by atoms with Crippen LogP contribution in [0.25, 0.3) is 0 Å². The summed E-state index contributed by atoms with van der Waals surface area (Å²) in [6.45, 7) is 0. The zero-order chi connectivity index (χ0) is 13.3. The molecule has 4 nitrogen and oxygen atoms in total. The van der Waals surface area contributed by atoms with Gasteiger partial charge in [0, 0.05) is 19.3 Å². The number of phenolic OH excluding ortho intramolecular Hbond substituents is 1. The van der Waals surface area contributed by atoms with E-state index in [2.05, 4.69) is 5.32 Å². The lowest BCUT2D eigenvalue weighted by atomic mass is 10.2. The van der Waals surface area contributed by atoms with Crippen LogP contribution in [0.2, 0.25) is 5.02 Å². The highest BCUT2D eigenvalue weighted by atomic mass is 35.5. The van der Waals surface area contributed by atoms with Crippen LogP contribution >= 0.6 is 11.6 Å². The Bertz CT molecular complexity index is 610. The minimum atomic E-state index is -0.705. The second-order valence-electron chi connectivity index (χ2n) is 3.77. The number of amides is 1. The van der Waals surface area contributed by atoms with Gasteiger partial charge < -0.3 is 15.0 Å². The van der Waals surface area contributed by atoms with E-state index in [0.717, 1.165) is 6.07 Å². The molecule has 2 N–H and O–H groups in total. The summed E-state index contributed by atoms with van der Waals surface area (Å²) >= 11 is 5.76. The Balaban J connectivity index is 2.24. The first-order valence-corrected chi connectivity index (χ1v) is 5.47. The smallest absolute Gasteiger partial charge is 0.272 e. The van der Waals surface area contributed by atoms with Crippen molar-refractivity contribution in [3.8, 4) is 5.75 Å². The maximum Gasteiger partial charge on any atom is 0.272 e. The zero-order valence-corrected chi connectivity index (χ0v) is 10.2. The van der Waals surface area contributed by atoms with Crippen molar-refractivity contribution >= 4 is 23.2 Å². The van der Waals surface area contributed by atoms with Gasteiger partial charge in [0.2, 0.25) is 0 Å². The third kappa shape index (κ3) is 2.46. The summed E-state index contributed by atoms with van der Waals surface area (Å²) < 4.78 is 15.0. The molecule has 0 atom stereocenters. The van der Waals surface area contributed by atoms with Crippen LogP contribution in [-0.4, -0.2) is 15.6 Å². The quantitative estimate of drug-likeness (QED) is 0.823. The fourth-order valence-electron chi connectivity index (χ4n) is 1.54. The maximum absolute atomic E-state index is 13.4. The van der Waals surface area contributed by atoms with E-state index in [1.165, 1.54) is 22.8 Å². The minimum Gasteiger partial charge on any atom is -0.508 e. The normalized spacial score (nSPS) is 10.4. The number of nitrogens with zero attached hydrogens (tertiary/aromatic N) is 1. The van der Waals surface area contributed by atoms with E-state index in [1.54, 1.807) is 13.2 Å². The molecule has 0 saturated heterocycles. The zero-order valence-electron chi connectivity index (χ0n) is 9.45. The van der Waals surface area contributed by atoms with E-state index in [0.29, 0.717) is 10.7 Å². The molecule has 1 aromatic heterocycles.